The van der Waals surface area contributed by atoms with Crippen molar-refractivity contribution in [3.05, 3.63) is 0 Å². The number of nitrogens with two attached hydrogens (primary N) is 1. The van der Waals surface area contributed by atoms with Crippen LogP contribution in [0.2, 0.25) is 0 Å². The van der Waals surface area contributed by atoms with Gasteiger partial charge in [0.25, 0.3) is 0 Å². The molecule has 0 saturated heterocycles. The minimum atomic E-state index is -0.569. The zero-order valence-electron chi connectivity index (χ0n) is 8.13. The van der Waals surface area contributed by atoms with Crippen molar-refractivity contribution in [3.8, 4) is 0 Å². The summed E-state index contributed by atoms with van der Waals surface area (Å²) in [4.78, 5) is 31.7. The Balaban J connectivity index is 3.36. The van der Waals surface area contributed by atoms with Crippen LogP contribution in [0.25, 0.3) is 0 Å². The van der Waals surface area contributed by atoms with Crippen LogP contribution >= 0.6 is 0 Å². The van der Waals surface area contributed by atoms with Crippen LogP contribution in [0.1, 0.15) is 19.8 Å². The second-order valence-electron chi connectivity index (χ2n) is 2.83. The number of hydrogen-bond donors (Lipinski definition) is 3. The van der Waals surface area contributed by atoms with Crippen LogP contribution in [0.15, 0.2) is 0 Å². The number of carbonyl (C=O) groups excluding carboxylic acids is 3. The maximum Gasteiger partial charge on any atom is 0.236 e. The summed E-state index contributed by atoms with van der Waals surface area (Å²) in [6.07, 6.45) is 0.817. The monoisotopic (exact) mass is 201 g/mol. The Morgan fingerprint density at radius 2 is 1.86 bits per heavy atom. The van der Waals surface area contributed by atoms with Crippen LogP contribution in [0.4, 0.5) is 0 Å². The standard InChI is InChI=1S/C8H15N3O3/c1-6(12)10-4-2-3-8(14)11-5-7(9)13/h2-5H2,1H3,(H2,9,13)(H,10,12)(H,11,14). The molecule has 0 aliphatic heterocycles. The molecule has 0 aromatic heterocycles. The molecule has 0 aromatic carbocycles. The number of amides is 3. The third-order valence-electron chi connectivity index (χ3n) is 1.41. The molecule has 4 N–H and O–H groups in total. The molecule has 6 heteroatoms. The average molecular weight is 201 g/mol. The Morgan fingerprint density at radius 1 is 1.21 bits per heavy atom. The Labute approximate surface area is 82.2 Å². The Hall–Kier alpha value is -1.59. The number of hydrogen-bond acceptors (Lipinski definition) is 3. The second-order valence-corrected chi connectivity index (χ2v) is 2.83. The predicted octanol–water partition coefficient (Wildman–Crippen LogP) is -1.50. The van der Waals surface area contributed by atoms with E-state index < -0.39 is 5.91 Å². The first kappa shape index (κ1) is 12.4. The molecular formula is C8H15N3O3. The van der Waals surface area contributed by atoms with Gasteiger partial charge in [0.05, 0.1) is 6.54 Å². The van der Waals surface area contributed by atoms with E-state index in [4.69, 9.17) is 5.73 Å². The number of primary amides is 1. The van der Waals surface area contributed by atoms with Crippen molar-refractivity contribution in [3.63, 3.8) is 0 Å². The maximum absolute atomic E-state index is 11.0. The van der Waals surface area contributed by atoms with Gasteiger partial charge in [0.1, 0.15) is 0 Å². The molecule has 0 saturated carbocycles. The zero-order chi connectivity index (χ0) is 11.0. The summed E-state index contributed by atoms with van der Waals surface area (Å²) in [5.74, 6) is -0.933. The van der Waals surface area contributed by atoms with Crippen molar-refractivity contribution in [1.82, 2.24) is 10.6 Å². The van der Waals surface area contributed by atoms with E-state index in [0.29, 0.717) is 13.0 Å². The highest BCUT2D eigenvalue weighted by atomic mass is 16.2. The minimum absolute atomic E-state index is 0.123. The molecule has 0 bridgehead atoms. The first-order valence-electron chi connectivity index (χ1n) is 4.32. The van der Waals surface area contributed by atoms with Gasteiger partial charge in [-0.1, -0.05) is 0 Å². The summed E-state index contributed by atoms with van der Waals surface area (Å²) in [5, 5.41) is 4.90. The Kier molecular flexibility index (Phi) is 6.09. The van der Waals surface area contributed by atoms with Gasteiger partial charge in [-0.3, -0.25) is 14.4 Å². The molecule has 0 aromatic rings. The molecule has 14 heavy (non-hydrogen) atoms. The molecule has 80 valence electrons. The fraction of sp³-hybridized carbons (Fsp3) is 0.625. The van der Waals surface area contributed by atoms with Crippen molar-refractivity contribution >= 4 is 17.7 Å². The molecule has 0 fully saturated rings. The van der Waals surface area contributed by atoms with E-state index >= 15 is 0 Å². The molecule has 6 nitrogen and oxygen atoms in total. The smallest absolute Gasteiger partial charge is 0.236 e. The summed E-state index contributed by atoms with van der Waals surface area (Å²) in [6.45, 7) is 1.73. The van der Waals surface area contributed by atoms with E-state index in [1.165, 1.54) is 6.92 Å². The van der Waals surface area contributed by atoms with Crippen molar-refractivity contribution < 1.29 is 14.4 Å². The summed E-state index contributed by atoms with van der Waals surface area (Å²) in [5.41, 5.74) is 4.82. The van der Waals surface area contributed by atoms with E-state index in [0.717, 1.165) is 0 Å². The lowest BCUT2D eigenvalue weighted by Gasteiger charge is -2.03. The highest BCUT2D eigenvalue weighted by molar-refractivity contribution is 5.83. The lowest BCUT2D eigenvalue weighted by atomic mass is 10.3. The van der Waals surface area contributed by atoms with Gasteiger partial charge in [-0.25, -0.2) is 0 Å². The normalized spacial score (nSPS) is 9.21. The maximum atomic E-state index is 11.0. The zero-order valence-corrected chi connectivity index (χ0v) is 8.13. The molecule has 0 unspecified atom stereocenters. The van der Waals surface area contributed by atoms with Crippen LogP contribution < -0.4 is 16.4 Å². The SMILES string of the molecule is CC(=O)NCCCC(=O)NCC(N)=O. The number of rotatable bonds is 6. The van der Waals surface area contributed by atoms with E-state index in [2.05, 4.69) is 10.6 Å². The summed E-state index contributed by atoms with van der Waals surface area (Å²) < 4.78 is 0. The quantitative estimate of drug-likeness (QED) is 0.456. The summed E-state index contributed by atoms with van der Waals surface area (Å²) in [6, 6.07) is 0. The molecule has 0 aliphatic carbocycles. The van der Waals surface area contributed by atoms with Gasteiger partial charge < -0.3 is 16.4 Å². The molecule has 0 radical (unpaired) electrons. The fourth-order valence-electron chi connectivity index (χ4n) is 0.787. The van der Waals surface area contributed by atoms with E-state index in [1.54, 1.807) is 0 Å². The first-order chi connectivity index (χ1) is 6.52. The molecule has 0 atom stereocenters. The van der Waals surface area contributed by atoms with Crippen molar-refractivity contribution in [2.24, 2.45) is 5.73 Å². The van der Waals surface area contributed by atoms with Crippen LogP contribution in [0.5, 0.6) is 0 Å². The van der Waals surface area contributed by atoms with Crippen molar-refractivity contribution in [2.75, 3.05) is 13.1 Å². The fourth-order valence-corrected chi connectivity index (χ4v) is 0.787. The van der Waals surface area contributed by atoms with E-state index in [1.807, 2.05) is 0 Å². The third kappa shape index (κ3) is 8.51. The van der Waals surface area contributed by atoms with Crippen molar-refractivity contribution in [2.45, 2.75) is 19.8 Å². The lowest BCUT2D eigenvalue weighted by molar-refractivity contribution is -0.125. The van der Waals surface area contributed by atoms with Crippen molar-refractivity contribution in [1.29, 1.82) is 0 Å². The van der Waals surface area contributed by atoms with E-state index in [-0.39, 0.29) is 24.8 Å². The van der Waals surface area contributed by atoms with Gasteiger partial charge in [0.2, 0.25) is 17.7 Å². The van der Waals surface area contributed by atoms with Gasteiger partial charge in [0.15, 0.2) is 0 Å². The Bertz CT molecular complexity index is 228. The number of carbonyl (C=O) groups is 3. The second kappa shape index (κ2) is 6.88. The van der Waals surface area contributed by atoms with Gasteiger partial charge >= 0.3 is 0 Å². The lowest BCUT2D eigenvalue weighted by Crippen LogP contribution is -2.33. The molecule has 0 spiro atoms. The molecule has 0 rings (SSSR count). The van der Waals surface area contributed by atoms with Gasteiger partial charge in [-0.05, 0) is 6.42 Å². The third-order valence-corrected chi connectivity index (χ3v) is 1.41. The van der Waals surface area contributed by atoms with Crippen LogP contribution in [0.3, 0.4) is 0 Å². The predicted molar refractivity (Wildman–Crippen MR) is 50.1 cm³/mol. The highest BCUT2D eigenvalue weighted by Crippen LogP contribution is 1.86. The van der Waals surface area contributed by atoms with E-state index in [9.17, 15) is 14.4 Å². The topological polar surface area (TPSA) is 101 Å². The molecule has 0 heterocycles. The van der Waals surface area contributed by atoms with Crippen LogP contribution in [-0.2, 0) is 14.4 Å². The van der Waals surface area contributed by atoms with Crippen LogP contribution in [-0.4, -0.2) is 30.8 Å². The molecule has 3 amide bonds. The highest BCUT2D eigenvalue weighted by Gasteiger charge is 2.02. The average Bonchev–Trinajstić information content (AvgIpc) is 2.08. The van der Waals surface area contributed by atoms with Gasteiger partial charge in [-0.15, -0.1) is 0 Å². The molecule has 0 aliphatic rings. The van der Waals surface area contributed by atoms with Gasteiger partial charge in [-0.2, -0.15) is 0 Å². The minimum Gasteiger partial charge on any atom is -0.368 e. The van der Waals surface area contributed by atoms with Crippen LogP contribution in [0, 0.1) is 0 Å². The Morgan fingerprint density at radius 3 is 2.36 bits per heavy atom. The first-order valence-corrected chi connectivity index (χ1v) is 4.32. The largest absolute Gasteiger partial charge is 0.368 e. The summed E-state index contributed by atoms with van der Waals surface area (Å²) >= 11 is 0. The summed E-state index contributed by atoms with van der Waals surface area (Å²) in [7, 11) is 0. The molecular weight excluding hydrogens is 186 g/mol. The van der Waals surface area contributed by atoms with Gasteiger partial charge in [0, 0.05) is 19.9 Å². The number of nitrogens with one attached hydrogen (secondary N) is 2.